The molecule has 0 spiro atoms. The summed E-state index contributed by atoms with van der Waals surface area (Å²) in [6.07, 6.45) is 1.83. The fraction of sp³-hybridized carbons (Fsp3) is 0.341. The molecule has 0 unspecified atom stereocenters. The largest absolute Gasteiger partial charge is 0.463 e. The quantitative estimate of drug-likeness (QED) is 0.0750. The lowest BCUT2D eigenvalue weighted by atomic mass is 9.52. The van der Waals surface area contributed by atoms with Gasteiger partial charge in [-0.15, -0.1) is 11.3 Å². The van der Waals surface area contributed by atoms with Crippen molar-refractivity contribution in [1.29, 1.82) is 0 Å². The van der Waals surface area contributed by atoms with Crippen molar-refractivity contribution in [3.05, 3.63) is 103 Å². The van der Waals surface area contributed by atoms with Crippen molar-refractivity contribution in [3.63, 3.8) is 0 Å². The SMILES string of the molecule is Cc1c(-c2cc(N3C(=O)[C@@H]4C[C@@H]5C(=CC[C@@H]6C(=O)N(c7cc([N+](=O)[O-])c(N(C)C)c([N+](=O)[O-])c7)C(=O)[C@@H]65)[C@H](c5ccc(CO)o5)[C@]4(C)C3=O)n(C)n2)sc2ccc(Cl)cc12. The molecule has 17 nitrogen and oxygen atoms in total. The number of hydrogen-bond donors (Lipinski definition) is 1. The van der Waals surface area contributed by atoms with Gasteiger partial charge in [-0.05, 0) is 73.9 Å². The van der Waals surface area contributed by atoms with E-state index in [0.29, 0.717) is 16.3 Å². The fourth-order valence-corrected chi connectivity index (χ4v) is 11.4. The van der Waals surface area contributed by atoms with E-state index in [1.807, 2.05) is 19.1 Å². The van der Waals surface area contributed by atoms with Crippen molar-refractivity contribution in [3.8, 4) is 10.6 Å². The van der Waals surface area contributed by atoms with Crippen LogP contribution in [0.1, 0.15) is 42.8 Å². The minimum atomic E-state index is -1.46. The Hall–Kier alpha value is -6.24. The topological polar surface area (TPSA) is 215 Å². The van der Waals surface area contributed by atoms with Crippen LogP contribution in [-0.4, -0.2) is 62.5 Å². The molecule has 0 radical (unpaired) electrons. The molecule has 2 aromatic carbocycles. The predicted molar refractivity (Wildman–Crippen MR) is 220 cm³/mol. The first-order valence-corrected chi connectivity index (χ1v) is 20.2. The molecule has 2 aliphatic carbocycles. The van der Waals surface area contributed by atoms with Gasteiger partial charge >= 0.3 is 11.4 Å². The van der Waals surface area contributed by atoms with Gasteiger partial charge in [-0.25, -0.2) is 9.80 Å². The molecule has 2 aliphatic heterocycles. The fourth-order valence-electron chi connectivity index (χ4n) is 10.1. The van der Waals surface area contributed by atoms with E-state index in [-0.39, 0.29) is 41.6 Å². The van der Waals surface area contributed by atoms with Crippen LogP contribution in [0.15, 0.2) is 64.6 Å². The lowest BCUT2D eigenvalue weighted by Gasteiger charge is -2.48. The maximum absolute atomic E-state index is 15.1. The van der Waals surface area contributed by atoms with Crippen LogP contribution in [0.4, 0.5) is 28.6 Å². The average Bonchev–Trinajstić information content (AvgIpc) is 4.00. The van der Waals surface area contributed by atoms with Crippen LogP contribution >= 0.6 is 22.9 Å². The van der Waals surface area contributed by atoms with Gasteiger partial charge < -0.3 is 14.4 Å². The molecule has 6 atom stereocenters. The number of fused-ring (bicyclic) bond motifs is 5. The predicted octanol–water partition coefficient (Wildman–Crippen LogP) is 6.67. The Labute approximate surface area is 349 Å². The average molecular weight is 854 g/mol. The minimum absolute atomic E-state index is 0.0117. The number of aliphatic hydroxyl groups is 1. The third kappa shape index (κ3) is 5.43. The number of nitro benzene ring substituents is 2. The van der Waals surface area contributed by atoms with Gasteiger partial charge in [0, 0.05) is 49.1 Å². The number of allylic oxidation sites excluding steroid dienone is 2. The van der Waals surface area contributed by atoms with E-state index in [9.17, 15) is 39.7 Å². The molecule has 19 heteroatoms. The van der Waals surface area contributed by atoms with Crippen molar-refractivity contribution >= 4 is 85.2 Å². The number of hydrogen-bond acceptors (Lipinski definition) is 13. The standard InChI is InChI=1S/C41H36ClN7O10S/c1-18-24-12-19(42)6-11-31(24)60-36(18)27-16-32(45(5)43-27)47-38(52)26-15-25-22(34(41(26,2)40(47)54)30-10-7-21(17-50)59-30)8-9-23-33(25)39(53)46(37(23)51)20-13-28(48(55)56)35(44(3)4)29(14-20)49(57)58/h6-8,10-14,16,23,25-26,33-34,50H,9,15,17H2,1-5H3/t23-,25+,26-,33-,34+,41+/m0/s1. The molecule has 5 heterocycles. The maximum atomic E-state index is 15.1. The monoisotopic (exact) mass is 853 g/mol. The summed E-state index contributed by atoms with van der Waals surface area (Å²) in [5.74, 6) is -6.49. The zero-order chi connectivity index (χ0) is 42.8. The molecular weight excluding hydrogens is 818 g/mol. The van der Waals surface area contributed by atoms with Gasteiger partial charge in [0.2, 0.25) is 23.6 Å². The molecule has 3 fully saturated rings. The molecule has 308 valence electrons. The molecule has 4 aliphatic rings. The molecule has 5 aromatic rings. The second-order valence-corrected chi connectivity index (χ2v) is 17.6. The Morgan fingerprint density at radius 1 is 0.983 bits per heavy atom. The summed E-state index contributed by atoms with van der Waals surface area (Å²) in [6.45, 7) is 3.21. The molecule has 3 aromatic heterocycles. The van der Waals surface area contributed by atoms with Crippen LogP contribution in [0.5, 0.6) is 0 Å². The second-order valence-electron chi connectivity index (χ2n) is 16.1. The normalized spacial score (nSPS) is 24.9. The molecule has 1 N–H and O–H groups in total. The van der Waals surface area contributed by atoms with Gasteiger partial charge in [0.05, 0.1) is 49.5 Å². The van der Waals surface area contributed by atoms with E-state index in [1.54, 1.807) is 44.3 Å². The number of furan rings is 1. The van der Waals surface area contributed by atoms with Crippen LogP contribution in [0, 0.1) is 56.2 Å². The van der Waals surface area contributed by atoms with Gasteiger partial charge in [-0.3, -0.25) is 44.1 Å². The number of nitro groups is 2. The van der Waals surface area contributed by atoms with Crippen LogP contribution in [-0.2, 0) is 32.8 Å². The van der Waals surface area contributed by atoms with E-state index >= 15 is 4.79 Å². The molecule has 60 heavy (non-hydrogen) atoms. The summed E-state index contributed by atoms with van der Waals surface area (Å²) in [5.41, 5.74) is -1.31. The smallest absolute Gasteiger partial charge is 0.301 e. The zero-order valence-electron chi connectivity index (χ0n) is 32.7. The van der Waals surface area contributed by atoms with E-state index in [1.165, 1.54) is 35.0 Å². The lowest BCUT2D eigenvalue weighted by Crippen LogP contribution is -2.48. The molecule has 4 amide bonds. The highest BCUT2D eigenvalue weighted by Gasteiger charge is 2.68. The van der Waals surface area contributed by atoms with E-state index in [4.69, 9.17) is 21.1 Å². The summed E-state index contributed by atoms with van der Waals surface area (Å²) in [4.78, 5) is 85.6. The Balaban J connectivity index is 1.13. The first kappa shape index (κ1) is 39.2. The number of anilines is 3. The Morgan fingerprint density at radius 3 is 2.32 bits per heavy atom. The second kappa shape index (κ2) is 13.7. The number of benzene rings is 2. The number of carbonyl (C=O) groups is 4. The third-order valence-corrected chi connectivity index (χ3v) is 14.3. The van der Waals surface area contributed by atoms with Crippen LogP contribution in [0.3, 0.4) is 0 Å². The van der Waals surface area contributed by atoms with Crippen molar-refractivity contribution in [2.24, 2.45) is 36.1 Å². The number of nitrogens with zero attached hydrogens (tertiary/aromatic N) is 7. The number of amides is 4. The number of aliphatic hydroxyl groups excluding tert-OH is 1. The van der Waals surface area contributed by atoms with Crippen molar-refractivity contribution < 1.29 is 38.5 Å². The van der Waals surface area contributed by atoms with Gasteiger partial charge in [0.25, 0.3) is 0 Å². The van der Waals surface area contributed by atoms with Gasteiger partial charge in [0.1, 0.15) is 29.6 Å². The minimum Gasteiger partial charge on any atom is -0.463 e. The van der Waals surface area contributed by atoms with Gasteiger partial charge in [-0.2, -0.15) is 5.10 Å². The van der Waals surface area contributed by atoms with E-state index < -0.39 is 86.5 Å². The van der Waals surface area contributed by atoms with E-state index in [0.717, 1.165) is 42.5 Å². The Bertz CT molecular complexity index is 2770. The summed E-state index contributed by atoms with van der Waals surface area (Å²) in [6, 6.07) is 12.5. The highest BCUT2D eigenvalue weighted by Crippen LogP contribution is 2.64. The zero-order valence-corrected chi connectivity index (χ0v) is 34.3. The first-order valence-electron chi connectivity index (χ1n) is 19.0. The Kier molecular flexibility index (Phi) is 8.93. The molecule has 0 bridgehead atoms. The van der Waals surface area contributed by atoms with Crippen molar-refractivity contribution in [2.75, 3.05) is 28.8 Å². The van der Waals surface area contributed by atoms with Crippen LogP contribution < -0.4 is 14.7 Å². The molecular formula is C41H36ClN7O10S. The number of carbonyl (C=O) groups excluding carboxylic acids is 4. The highest BCUT2D eigenvalue weighted by molar-refractivity contribution is 7.22. The molecule has 1 saturated carbocycles. The molecule has 2 saturated heterocycles. The number of imide groups is 2. The summed E-state index contributed by atoms with van der Waals surface area (Å²) in [7, 11) is 4.46. The van der Waals surface area contributed by atoms with Crippen molar-refractivity contribution in [2.45, 2.75) is 39.2 Å². The first-order chi connectivity index (χ1) is 28.5. The van der Waals surface area contributed by atoms with Crippen LogP contribution in [0.25, 0.3) is 20.7 Å². The van der Waals surface area contributed by atoms with Crippen LogP contribution in [0.2, 0.25) is 5.02 Å². The van der Waals surface area contributed by atoms with Crippen molar-refractivity contribution in [1.82, 2.24) is 9.78 Å². The summed E-state index contributed by atoms with van der Waals surface area (Å²) >= 11 is 7.81. The van der Waals surface area contributed by atoms with Gasteiger partial charge in [0.15, 0.2) is 5.69 Å². The third-order valence-electron chi connectivity index (χ3n) is 12.8. The number of thiophene rings is 1. The Morgan fingerprint density at radius 2 is 1.68 bits per heavy atom. The number of aromatic nitrogens is 2. The maximum Gasteiger partial charge on any atom is 0.301 e. The number of halogens is 1. The highest BCUT2D eigenvalue weighted by atomic mass is 35.5. The summed E-state index contributed by atoms with van der Waals surface area (Å²) < 4.78 is 8.58. The lowest BCUT2D eigenvalue weighted by molar-refractivity contribution is -0.392. The number of rotatable bonds is 8. The van der Waals surface area contributed by atoms with Gasteiger partial charge in [-0.1, -0.05) is 23.3 Å². The molecule has 9 rings (SSSR count). The summed E-state index contributed by atoms with van der Waals surface area (Å²) in [5, 5.41) is 40.7. The number of aryl methyl sites for hydroxylation is 2. The van der Waals surface area contributed by atoms with E-state index in [2.05, 4.69) is 0 Å².